The fourth-order valence-corrected chi connectivity index (χ4v) is 1.36. The monoisotopic (exact) mass is 287 g/mol. The second kappa shape index (κ2) is 8.40. The molecule has 1 rings (SSSR count). The Kier molecular flexibility index (Phi) is 7.65. The van der Waals surface area contributed by atoms with Crippen molar-refractivity contribution in [3.63, 3.8) is 0 Å². The summed E-state index contributed by atoms with van der Waals surface area (Å²) in [4.78, 5) is 0. The molecule has 0 aliphatic heterocycles. The molecule has 0 aliphatic carbocycles. The van der Waals surface area contributed by atoms with Gasteiger partial charge in [-0.25, -0.2) is 0 Å². The highest BCUT2D eigenvalue weighted by molar-refractivity contribution is 5.92. The number of rotatable bonds is 3. The van der Waals surface area contributed by atoms with Crippen molar-refractivity contribution in [2.45, 2.75) is 40.3 Å². The van der Waals surface area contributed by atoms with Crippen molar-refractivity contribution in [2.24, 2.45) is 0 Å². The third-order valence-electron chi connectivity index (χ3n) is 2.23. The first-order chi connectivity index (χ1) is 9.34. The topological polar surface area (TPSA) is 33.1 Å². The van der Waals surface area contributed by atoms with Crippen molar-refractivity contribution >= 4 is 5.90 Å². The predicted molar refractivity (Wildman–Crippen MR) is 74.8 cm³/mol. The van der Waals surface area contributed by atoms with Crippen LogP contribution in [-0.2, 0) is 10.9 Å². The van der Waals surface area contributed by atoms with E-state index in [0.29, 0.717) is 11.3 Å². The van der Waals surface area contributed by atoms with E-state index in [1.54, 1.807) is 13.0 Å². The zero-order valence-corrected chi connectivity index (χ0v) is 12.1. The minimum absolute atomic E-state index is 0.161. The van der Waals surface area contributed by atoms with Crippen LogP contribution in [0.25, 0.3) is 0 Å². The van der Waals surface area contributed by atoms with Crippen LogP contribution in [0.1, 0.15) is 45.2 Å². The Morgan fingerprint density at radius 3 is 2.10 bits per heavy atom. The van der Waals surface area contributed by atoms with Crippen molar-refractivity contribution in [3.05, 3.63) is 47.2 Å². The normalized spacial score (nSPS) is 11.4. The summed E-state index contributed by atoms with van der Waals surface area (Å²) in [5, 5.41) is 7.62. The van der Waals surface area contributed by atoms with Gasteiger partial charge >= 0.3 is 6.18 Å². The molecule has 1 aromatic rings. The fraction of sp³-hybridized carbons (Fsp3) is 0.400. The number of ether oxygens (including phenoxy) is 1. The molecule has 0 aliphatic rings. The molecule has 0 bridgehead atoms. The Hall–Kier alpha value is -1.78. The van der Waals surface area contributed by atoms with Gasteiger partial charge in [0.1, 0.15) is 0 Å². The SMILES string of the molecule is CC.CC/C=C(\C)OC(=N)c1ccc(C(F)(F)F)cc1. The fourth-order valence-electron chi connectivity index (χ4n) is 1.36. The minimum atomic E-state index is -4.36. The van der Waals surface area contributed by atoms with Crippen molar-refractivity contribution < 1.29 is 17.9 Å². The van der Waals surface area contributed by atoms with E-state index in [9.17, 15) is 13.2 Å². The molecule has 0 amide bonds. The minimum Gasteiger partial charge on any atom is -0.444 e. The summed E-state index contributed by atoms with van der Waals surface area (Å²) < 4.78 is 42.2. The summed E-state index contributed by atoms with van der Waals surface area (Å²) in [7, 11) is 0. The zero-order valence-electron chi connectivity index (χ0n) is 12.1. The van der Waals surface area contributed by atoms with Crippen LogP contribution < -0.4 is 0 Å². The lowest BCUT2D eigenvalue weighted by Crippen LogP contribution is -2.07. The van der Waals surface area contributed by atoms with Crippen LogP contribution in [0.5, 0.6) is 0 Å². The maximum absolute atomic E-state index is 12.3. The van der Waals surface area contributed by atoms with E-state index < -0.39 is 11.7 Å². The van der Waals surface area contributed by atoms with Gasteiger partial charge in [0, 0.05) is 5.56 Å². The molecule has 0 saturated carbocycles. The van der Waals surface area contributed by atoms with Gasteiger partial charge in [0.05, 0.1) is 11.3 Å². The van der Waals surface area contributed by atoms with E-state index in [2.05, 4.69) is 0 Å². The smallest absolute Gasteiger partial charge is 0.416 e. The molecule has 2 nitrogen and oxygen atoms in total. The number of hydrogen-bond acceptors (Lipinski definition) is 2. The third-order valence-corrected chi connectivity index (χ3v) is 2.23. The maximum Gasteiger partial charge on any atom is 0.416 e. The standard InChI is InChI=1S/C13H14F3NO.C2H6/c1-3-4-9(2)18-12(17)10-5-7-11(8-6-10)13(14,15)16;1-2/h4-8,17H,3H2,1-2H3;1-2H3/b9-4+,17-12?;. The Labute approximate surface area is 117 Å². The van der Waals surface area contributed by atoms with E-state index >= 15 is 0 Å². The van der Waals surface area contributed by atoms with Crippen LogP contribution in [0, 0.1) is 5.41 Å². The quantitative estimate of drug-likeness (QED) is 0.451. The molecule has 20 heavy (non-hydrogen) atoms. The number of alkyl halides is 3. The molecule has 1 N–H and O–H groups in total. The van der Waals surface area contributed by atoms with Crippen molar-refractivity contribution in [3.8, 4) is 0 Å². The molecule has 112 valence electrons. The molecule has 5 heteroatoms. The third kappa shape index (κ3) is 5.91. The molecule has 0 fully saturated rings. The van der Waals surface area contributed by atoms with E-state index in [0.717, 1.165) is 18.6 Å². The van der Waals surface area contributed by atoms with Gasteiger partial charge in [-0.05, 0) is 43.7 Å². The molecule has 0 aromatic heterocycles. The molecular formula is C15H20F3NO. The van der Waals surface area contributed by atoms with Crippen LogP contribution in [0.2, 0.25) is 0 Å². The van der Waals surface area contributed by atoms with E-state index in [1.807, 2.05) is 20.8 Å². The molecule has 1 aromatic carbocycles. The van der Waals surface area contributed by atoms with Crippen molar-refractivity contribution in [1.29, 1.82) is 5.41 Å². The van der Waals surface area contributed by atoms with Crippen molar-refractivity contribution in [1.82, 2.24) is 0 Å². The number of hydrogen-bond donors (Lipinski definition) is 1. The van der Waals surface area contributed by atoms with Crippen LogP contribution >= 0.6 is 0 Å². The highest BCUT2D eigenvalue weighted by atomic mass is 19.4. The van der Waals surface area contributed by atoms with Crippen LogP contribution in [-0.4, -0.2) is 5.90 Å². The highest BCUT2D eigenvalue weighted by Gasteiger charge is 2.30. The summed E-state index contributed by atoms with van der Waals surface area (Å²) in [5.74, 6) is 0.397. The summed E-state index contributed by atoms with van der Waals surface area (Å²) >= 11 is 0. The number of allylic oxidation sites excluding steroid dienone is 2. The number of benzene rings is 1. The first-order valence-electron chi connectivity index (χ1n) is 6.45. The van der Waals surface area contributed by atoms with Gasteiger partial charge in [0.15, 0.2) is 0 Å². The molecule has 0 atom stereocenters. The Balaban J connectivity index is 0.00000172. The number of nitrogens with one attached hydrogen (secondary N) is 1. The first-order valence-corrected chi connectivity index (χ1v) is 6.45. The van der Waals surface area contributed by atoms with Gasteiger partial charge in [0.2, 0.25) is 5.90 Å². The molecular weight excluding hydrogens is 267 g/mol. The largest absolute Gasteiger partial charge is 0.444 e. The predicted octanol–water partition coefficient (Wildman–Crippen LogP) is 5.39. The molecule has 0 radical (unpaired) electrons. The molecule has 0 spiro atoms. The van der Waals surface area contributed by atoms with Gasteiger partial charge in [-0.1, -0.05) is 20.8 Å². The second-order valence-corrected chi connectivity index (χ2v) is 3.73. The zero-order chi connectivity index (χ0) is 15.8. The summed E-state index contributed by atoms with van der Waals surface area (Å²) in [5.41, 5.74) is -0.424. The van der Waals surface area contributed by atoms with Crippen LogP contribution in [0.4, 0.5) is 13.2 Å². The summed E-state index contributed by atoms with van der Waals surface area (Å²) in [6, 6.07) is 4.33. The van der Waals surface area contributed by atoms with Crippen LogP contribution in [0.15, 0.2) is 36.1 Å². The summed E-state index contributed by atoms with van der Waals surface area (Å²) in [6.07, 6.45) is -1.80. The Bertz CT molecular complexity index is 447. The lowest BCUT2D eigenvalue weighted by Gasteiger charge is -2.09. The van der Waals surface area contributed by atoms with Gasteiger partial charge in [-0.3, -0.25) is 5.41 Å². The Morgan fingerprint density at radius 2 is 1.70 bits per heavy atom. The van der Waals surface area contributed by atoms with Gasteiger partial charge in [-0.2, -0.15) is 13.2 Å². The molecule has 0 heterocycles. The average Bonchev–Trinajstić information content (AvgIpc) is 2.40. The first kappa shape index (κ1) is 18.2. The van der Waals surface area contributed by atoms with Crippen molar-refractivity contribution in [2.75, 3.05) is 0 Å². The van der Waals surface area contributed by atoms with E-state index in [4.69, 9.17) is 10.1 Å². The lowest BCUT2D eigenvalue weighted by molar-refractivity contribution is -0.137. The average molecular weight is 287 g/mol. The van der Waals surface area contributed by atoms with Gasteiger partial charge < -0.3 is 4.74 Å². The lowest BCUT2D eigenvalue weighted by atomic mass is 10.1. The molecule has 0 saturated heterocycles. The molecule has 0 unspecified atom stereocenters. The second-order valence-electron chi connectivity index (χ2n) is 3.73. The van der Waals surface area contributed by atoms with Crippen LogP contribution in [0.3, 0.4) is 0 Å². The van der Waals surface area contributed by atoms with Gasteiger partial charge in [-0.15, -0.1) is 0 Å². The highest BCUT2D eigenvalue weighted by Crippen LogP contribution is 2.29. The Morgan fingerprint density at radius 1 is 1.20 bits per heavy atom. The van der Waals surface area contributed by atoms with Gasteiger partial charge in [0.25, 0.3) is 0 Å². The summed E-state index contributed by atoms with van der Waals surface area (Å²) in [6.45, 7) is 7.62. The van der Waals surface area contributed by atoms with E-state index in [1.165, 1.54) is 12.1 Å². The maximum atomic E-state index is 12.3. The van der Waals surface area contributed by atoms with E-state index in [-0.39, 0.29) is 5.90 Å². The number of halogens is 3.